The molecule has 1 atom stereocenters. The van der Waals surface area contributed by atoms with Gasteiger partial charge in [-0.1, -0.05) is 19.8 Å². The summed E-state index contributed by atoms with van der Waals surface area (Å²) >= 11 is 0. The van der Waals surface area contributed by atoms with Gasteiger partial charge in [0.25, 0.3) is 0 Å². The van der Waals surface area contributed by atoms with Crippen LogP contribution >= 0.6 is 0 Å². The van der Waals surface area contributed by atoms with E-state index < -0.39 is 0 Å². The SMILES string of the molecule is CCC1CNC2(CCCC2)CN1CC1(C2CC2)CC1. The van der Waals surface area contributed by atoms with E-state index in [0.29, 0.717) is 5.54 Å². The Morgan fingerprint density at radius 2 is 1.84 bits per heavy atom. The Hall–Kier alpha value is -0.0800. The van der Waals surface area contributed by atoms with Gasteiger partial charge in [-0.15, -0.1) is 0 Å². The molecule has 4 fully saturated rings. The summed E-state index contributed by atoms with van der Waals surface area (Å²) in [7, 11) is 0. The highest BCUT2D eigenvalue weighted by Gasteiger charge is 2.55. The second-order valence-electron chi connectivity index (χ2n) is 7.97. The third-order valence-electron chi connectivity index (χ3n) is 6.62. The van der Waals surface area contributed by atoms with Gasteiger partial charge in [-0.05, 0) is 56.3 Å². The molecule has 1 heterocycles. The maximum absolute atomic E-state index is 3.93. The second kappa shape index (κ2) is 4.46. The minimum atomic E-state index is 0.505. The largest absolute Gasteiger partial charge is 0.308 e. The van der Waals surface area contributed by atoms with Gasteiger partial charge in [0.1, 0.15) is 0 Å². The van der Waals surface area contributed by atoms with Crippen LogP contribution in [0.25, 0.3) is 0 Å². The standard InChI is InChI=1S/C17H30N2/c1-2-15-11-18-17(7-3-4-8-17)13-19(15)12-16(9-10-16)14-5-6-14/h14-15,18H,2-13H2,1H3. The fourth-order valence-corrected chi connectivity index (χ4v) is 4.97. The smallest absolute Gasteiger partial charge is 0.0309 e. The average molecular weight is 262 g/mol. The van der Waals surface area contributed by atoms with Crippen LogP contribution in [-0.2, 0) is 0 Å². The van der Waals surface area contributed by atoms with Crippen LogP contribution in [0.15, 0.2) is 0 Å². The van der Waals surface area contributed by atoms with Gasteiger partial charge in [0, 0.05) is 31.2 Å². The summed E-state index contributed by atoms with van der Waals surface area (Å²) in [6.45, 7) is 6.40. The number of nitrogens with one attached hydrogen (secondary N) is 1. The lowest BCUT2D eigenvalue weighted by molar-refractivity contribution is 0.0558. The van der Waals surface area contributed by atoms with Crippen LogP contribution in [-0.4, -0.2) is 36.1 Å². The van der Waals surface area contributed by atoms with E-state index in [2.05, 4.69) is 17.1 Å². The summed E-state index contributed by atoms with van der Waals surface area (Å²) in [5.74, 6) is 1.11. The average Bonchev–Trinajstić information content (AvgIpc) is 3.31. The molecule has 0 aromatic rings. The van der Waals surface area contributed by atoms with Gasteiger partial charge in [-0.3, -0.25) is 4.90 Å². The highest BCUT2D eigenvalue weighted by molar-refractivity contribution is 5.08. The third-order valence-corrected chi connectivity index (χ3v) is 6.62. The van der Waals surface area contributed by atoms with Crippen molar-refractivity contribution in [1.82, 2.24) is 10.2 Å². The van der Waals surface area contributed by atoms with Gasteiger partial charge < -0.3 is 5.32 Å². The molecular weight excluding hydrogens is 232 g/mol. The van der Waals surface area contributed by atoms with Crippen molar-refractivity contribution in [3.63, 3.8) is 0 Å². The Labute approximate surface area is 118 Å². The number of rotatable bonds is 4. The lowest BCUT2D eigenvalue weighted by Crippen LogP contribution is -2.63. The van der Waals surface area contributed by atoms with Crippen molar-refractivity contribution < 1.29 is 0 Å². The van der Waals surface area contributed by atoms with E-state index >= 15 is 0 Å². The molecule has 3 aliphatic carbocycles. The zero-order chi connectivity index (χ0) is 12.9. The monoisotopic (exact) mass is 262 g/mol. The molecule has 2 heteroatoms. The molecule has 19 heavy (non-hydrogen) atoms. The zero-order valence-electron chi connectivity index (χ0n) is 12.6. The van der Waals surface area contributed by atoms with Gasteiger partial charge in [0.05, 0.1) is 0 Å². The molecule has 108 valence electrons. The number of nitrogens with zero attached hydrogens (tertiary/aromatic N) is 1. The minimum absolute atomic E-state index is 0.505. The van der Waals surface area contributed by atoms with E-state index in [1.807, 2.05) is 0 Å². The molecule has 4 aliphatic rings. The van der Waals surface area contributed by atoms with Crippen molar-refractivity contribution in [3.8, 4) is 0 Å². The van der Waals surface area contributed by atoms with Crippen LogP contribution in [0.3, 0.4) is 0 Å². The Morgan fingerprint density at radius 1 is 1.11 bits per heavy atom. The van der Waals surface area contributed by atoms with Crippen molar-refractivity contribution in [2.45, 2.75) is 76.3 Å². The quantitative estimate of drug-likeness (QED) is 0.837. The normalized spacial score (nSPS) is 36.8. The van der Waals surface area contributed by atoms with Gasteiger partial charge in [0.2, 0.25) is 0 Å². The first-order valence-electron chi connectivity index (χ1n) is 8.74. The Bertz CT molecular complexity index is 335. The summed E-state index contributed by atoms with van der Waals surface area (Å²) in [6, 6.07) is 0.808. The predicted molar refractivity (Wildman–Crippen MR) is 79.2 cm³/mol. The molecule has 4 rings (SSSR count). The summed E-state index contributed by atoms with van der Waals surface area (Å²) in [4.78, 5) is 2.91. The molecule has 0 bridgehead atoms. The summed E-state index contributed by atoms with van der Waals surface area (Å²) in [5, 5.41) is 3.93. The Morgan fingerprint density at radius 3 is 2.42 bits per heavy atom. The molecule has 3 saturated carbocycles. The van der Waals surface area contributed by atoms with Crippen LogP contribution in [0.2, 0.25) is 0 Å². The van der Waals surface area contributed by atoms with Gasteiger partial charge >= 0.3 is 0 Å². The molecule has 0 aromatic heterocycles. The molecule has 0 aromatic carbocycles. The zero-order valence-corrected chi connectivity index (χ0v) is 12.6. The van der Waals surface area contributed by atoms with Crippen molar-refractivity contribution >= 4 is 0 Å². The van der Waals surface area contributed by atoms with E-state index in [-0.39, 0.29) is 0 Å². The molecule has 1 aliphatic heterocycles. The van der Waals surface area contributed by atoms with Crippen LogP contribution in [0, 0.1) is 11.3 Å². The number of hydrogen-bond acceptors (Lipinski definition) is 2. The van der Waals surface area contributed by atoms with Gasteiger partial charge in [-0.25, -0.2) is 0 Å². The highest BCUT2D eigenvalue weighted by atomic mass is 15.3. The summed E-state index contributed by atoms with van der Waals surface area (Å²) < 4.78 is 0. The van der Waals surface area contributed by atoms with E-state index in [4.69, 9.17) is 0 Å². The van der Waals surface area contributed by atoms with Gasteiger partial charge in [0.15, 0.2) is 0 Å². The van der Waals surface area contributed by atoms with Crippen molar-refractivity contribution in [2.24, 2.45) is 11.3 Å². The molecule has 1 N–H and O–H groups in total. The lowest BCUT2D eigenvalue weighted by Gasteiger charge is -2.47. The van der Waals surface area contributed by atoms with Crippen molar-refractivity contribution in [2.75, 3.05) is 19.6 Å². The maximum Gasteiger partial charge on any atom is 0.0309 e. The van der Waals surface area contributed by atoms with Crippen LogP contribution in [0.5, 0.6) is 0 Å². The first-order chi connectivity index (χ1) is 9.25. The molecule has 1 saturated heterocycles. The number of piperazine rings is 1. The van der Waals surface area contributed by atoms with E-state index in [1.165, 1.54) is 77.4 Å². The topological polar surface area (TPSA) is 15.3 Å². The molecule has 1 unspecified atom stereocenters. The third kappa shape index (κ3) is 2.25. The maximum atomic E-state index is 3.93. The molecular formula is C17H30N2. The molecule has 0 amide bonds. The Kier molecular flexibility index (Phi) is 2.97. The van der Waals surface area contributed by atoms with Crippen molar-refractivity contribution in [3.05, 3.63) is 0 Å². The Balaban J connectivity index is 1.46. The fraction of sp³-hybridized carbons (Fsp3) is 1.00. The molecule has 2 nitrogen and oxygen atoms in total. The first-order valence-corrected chi connectivity index (χ1v) is 8.74. The predicted octanol–water partition coefficient (Wildman–Crippen LogP) is 3.17. The lowest BCUT2D eigenvalue weighted by atomic mass is 9.89. The first kappa shape index (κ1) is 12.6. The van der Waals surface area contributed by atoms with Crippen LogP contribution < -0.4 is 5.32 Å². The van der Waals surface area contributed by atoms with E-state index in [0.717, 1.165) is 17.4 Å². The van der Waals surface area contributed by atoms with E-state index in [9.17, 15) is 0 Å². The number of hydrogen-bond donors (Lipinski definition) is 1. The van der Waals surface area contributed by atoms with Crippen LogP contribution in [0.1, 0.15) is 64.7 Å². The van der Waals surface area contributed by atoms with E-state index in [1.54, 1.807) is 0 Å². The highest BCUT2D eigenvalue weighted by Crippen LogP contribution is 2.61. The second-order valence-corrected chi connectivity index (χ2v) is 7.97. The summed E-state index contributed by atoms with van der Waals surface area (Å²) in [5.41, 5.74) is 1.29. The fourth-order valence-electron chi connectivity index (χ4n) is 4.97. The molecule has 0 radical (unpaired) electrons. The molecule has 1 spiro atoms. The van der Waals surface area contributed by atoms with Gasteiger partial charge in [-0.2, -0.15) is 0 Å². The minimum Gasteiger partial charge on any atom is -0.308 e. The van der Waals surface area contributed by atoms with Crippen LogP contribution in [0.4, 0.5) is 0 Å². The summed E-state index contributed by atoms with van der Waals surface area (Å²) in [6.07, 6.45) is 13.2. The van der Waals surface area contributed by atoms with Crippen molar-refractivity contribution in [1.29, 1.82) is 0 Å².